The maximum atomic E-state index is 12.4. The van der Waals surface area contributed by atoms with Crippen molar-refractivity contribution in [3.8, 4) is 11.5 Å². The summed E-state index contributed by atoms with van der Waals surface area (Å²) in [6, 6.07) is 6.02. The smallest absolute Gasteiger partial charge is 0.309 e. The van der Waals surface area contributed by atoms with Crippen LogP contribution in [0.3, 0.4) is 0 Å². The largest absolute Gasteiger partial charge is 0.454 e. The second-order valence-corrected chi connectivity index (χ2v) is 8.13. The highest BCUT2D eigenvalue weighted by Crippen LogP contribution is 2.35. The third-order valence-electron chi connectivity index (χ3n) is 6.11. The number of carbonyl (C=O) groups excluding carboxylic acids is 2. The van der Waals surface area contributed by atoms with Crippen molar-refractivity contribution in [2.45, 2.75) is 37.8 Å². The van der Waals surface area contributed by atoms with Gasteiger partial charge in [0, 0.05) is 38.8 Å². The van der Waals surface area contributed by atoms with Crippen LogP contribution in [0.15, 0.2) is 18.2 Å². The number of carbonyl (C=O) groups is 2. The molecular formula is C21H30N4O4. The van der Waals surface area contributed by atoms with Crippen molar-refractivity contribution < 1.29 is 19.1 Å². The van der Waals surface area contributed by atoms with E-state index in [9.17, 15) is 9.59 Å². The zero-order chi connectivity index (χ0) is 20.2. The summed E-state index contributed by atoms with van der Waals surface area (Å²) < 4.78 is 11.0. The topological polar surface area (TPSA) is 83.1 Å². The molecule has 2 amide bonds. The lowest BCUT2D eigenvalue weighted by Crippen LogP contribution is -2.50. The average Bonchev–Trinajstić information content (AvgIpc) is 3.40. The Morgan fingerprint density at radius 1 is 1.07 bits per heavy atom. The van der Waals surface area contributed by atoms with Crippen LogP contribution in [-0.2, 0) is 9.59 Å². The first kappa shape index (κ1) is 20.0. The molecule has 1 saturated heterocycles. The third-order valence-corrected chi connectivity index (χ3v) is 6.11. The van der Waals surface area contributed by atoms with Crippen molar-refractivity contribution in [3.63, 3.8) is 0 Å². The van der Waals surface area contributed by atoms with Crippen molar-refractivity contribution in [1.82, 2.24) is 20.4 Å². The Balaban J connectivity index is 1.42. The molecule has 2 fully saturated rings. The van der Waals surface area contributed by atoms with E-state index in [4.69, 9.17) is 9.47 Å². The number of piperazine rings is 1. The molecule has 0 aromatic heterocycles. The summed E-state index contributed by atoms with van der Waals surface area (Å²) in [6.45, 7) is 4.35. The van der Waals surface area contributed by atoms with Gasteiger partial charge in [-0.05, 0) is 37.6 Å². The lowest BCUT2D eigenvalue weighted by atomic mass is 10.0. The van der Waals surface area contributed by atoms with Crippen LogP contribution in [0.1, 0.15) is 37.3 Å². The number of hydrogen-bond acceptors (Lipinski definition) is 6. The Kier molecular flexibility index (Phi) is 6.20. The number of benzene rings is 1. The molecule has 0 bridgehead atoms. The predicted octanol–water partition coefficient (Wildman–Crippen LogP) is 0.879. The molecule has 1 aliphatic carbocycles. The van der Waals surface area contributed by atoms with E-state index in [-0.39, 0.29) is 18.9 Å². The monoisotopic (exact) mass is 402 g/mol. The first-order valence-corrected chi connectivity index (χ1v) is 10.5. The molecular weight excluding hydrogens is 372 g/mol. The first-order valence-electron chi connectivity index (χ1n) is 10.5. The Labute approximate surface area is 171 Å². The normalized spacial score (nSPS) is 21.1. The van der Waals surface area contributed by atoms with Crippen LogP contribution >= 0.6 is 0 Å². The van der Waals surface area contributed by atoms with Crippen molar-refractivity contribution in [3.05, 3.63) is 23.8 Å². The van der Waals surface area contributed by atoms with Crippen LogP contribution in [0.2, 0.25) is 0 Å². The number of ether oxygens (including phenoxy) is 2. The Morgan fingerprint density at radius 2 is 1.79 bits per heavy atom. The minimum absolute atomic E-state index is 0.0265. The van der Waals surface area contributed by atoms with Crippen LogP contribution in [0.25, 0.3) is 0 Å². The molecule has 2 aliphatic heterocycles. The van der Waals surface area contributed by atoms with Gasteiger partial charge >= 0.3 is 11.8 Å². The summed E-state index contributed by atoms with van der Waals surface area (Å²) >= 11 is 0. The van der Waals surface area contributed by atoms with Crippen molar-refractivity contribution in [2.24, 2.45) is 0 Å². The molecule has 1 aromatic rings. The second-order valence-electron chi connectivity index (χ2n) is 8.13. The molecule has 0 unspecified atom stereocenters. The number of nitrogens with zero attached hydrogens (tertiary/aromatic N) is 2. The van der Waals surface area contributed by atoms with E-state index in [1.54, 1.807) is 0 Å². The van der Waals surface area contributed by atoms with Crippen molar-refractivity contribution in [2.75, 3.05) is 46.6 Å². The molecule has 2 heterocycles. The highest BCUT2D eigenvalue weighted by Gasteiger charge is 2.28. The minimum Gasteiger partial charge on any atom is -0.454 e. The lowest BCUT2D eigenvalue weighted by molar-refractivity contribution is -0.139. The molecule has 8 heteroatoms. The number of amides is 2. The highest BCUT2D eigenvalue weighted by molar-refractivity contribution is 6.35. The van der Waals surface area contributed by atoms with E-state index >= 15 is 0 Å². The van der Waals surface area contributed by atoms with E-state index < -0.39 is 11.8 Å². The highest BCUT2D eigenvalue weighted by atomic mass is 16.7. The van der Waals surface area contributed by atoms with Gasteiger partial charge in [-0.25, -0.2) is 0 Å². The number of likely N-dealkylation sites (N-methyl/N-ethyl adjacent to an activating group) is 1. The molecule has 0 spiro atoms. The number of hydrogen-bond donors (Lipinski definition) is 2. The number of fused-ring (bicyclic) bond motifs is 1. The molecule has 0 radical (unpaired) electrons. The second kappa shape index (κ2) is 9.00. The van der Waals surface area contributed by atoms with Gasteiger partial charge in [0.2, 0.25) is 6.79 Å². The molecule has 1 aromatic carbocycles. The summed E-state index contributed by atoms with van der Waals surface area (Å²) in [6.07, 6.45) is 4.14. The minimum atomic E-state index is -0.559. The van der Waals surface area contributed by atoms with Gasteiger partial charge in [0.05, 0.1) is 6.04 Å². The molecule has 8 nitrogen and oxygen atoms in total. The third kappa shape index (κ3) is 4.82. The molecule has 158 valence electrons. The quantitative estimate of drug-likeness (QED) is 0.712. The van der Waals surface area contributed by atoms with Crippen LogP contribution < -0.4 is 20.1 Å². The van der Waals surface area contributed by atoms with Crippen molar-refractivity contribution in [1.29, 1.82) is 0 Å². The fraction of sp³-hybridized carbons (Fsp3) is 0.619. The van der Waals surface area contributed by atoms with Crippen LogP contribution in [0, 0.1) is 0 Å². The molecule has 3 aliphatic rings. The van der Waals surface area contributed by atoms with Gasteiger partial charge in [0.15, 0.2) is 11.5 Å². The number of nitrogens with one attached hydrogen (secondary N) is 2. The van der Waals surface area contributed by atoms with Gasteiger partial charge in [-0.1, -0.05) is 18.9 Å². The van der Waals surface area contributed by atoms with Gasteiger partial charge in [-0.2, -0.15) is 0 Å². The molecule has 1 saturated carbocycles. The average molecular weight is 402 g/mol. The summed E-state index contributed by atoms with van der Waals surface area (Å²) in [7, 11) is 2.11. The zero-order valence-corrected chi connectivity index (χ0v) is 17.0. The van der Waals surface area contributed by atoms with Gasteiger partial charge in [-0.3, -0.25) is 14.5 Å². The lowest BCUT2D eigenvalue weighted by Gasteiger charge is -2.38. The Morgan fingerprint density at radius 3 is 2.55 bits per heavy atom. The SMILES string of the molecule is CN1CCN([C@@H](CNC(=O)C(=O)NC2CCCC2)c2ccc3c(c2)OCO3)CC1. The standard InChI is InChI=1S/C21H30N4O4/c1-24-8-10-25(11-9-24)17(15-6-7-18-19(12-15)29-14-28-18)13-22-20(26)21(27)23-16-4-2-3-5-16/h6-7,12,16-17H,2-5,8-11,13-14H2,1H3,(H,22,26)(H,23,27)/t17-/m0/s1. The van der Waals surface area contributed by atoms with E-state index in [0.717, 1.165) is 68.9 Å². The van der Waals surface area contributed by atoms with Crippen LogP contribution in [0.5, 0.6) is 11.5 Å². The van der Waals surface area contributed by atoms with Gasteiger partial charge in [-0.15, -0.1) is 0 Å². The predicted molar refractivity (Wildman–Crippen MR) is 108 cm³/mol. The van der Waals surface area contributed by atoms with E-state index in [1.807, 2.05) is 18.2 Å². The summed E-state index contributed by atoms with van der Waals surface area (Å²) in [4.78, 5) is 29.3. The summed E-state index contributed by atoms with van der Waals surface area (Å²) in [5.41, 5.74) is 1.05. The fourth-order valence-corrected chi connectivity index (χ4v) is 4.30. The first-order chi connectivity index (χ1) is 14.1. The maximum Gasteiger partial charge on any atom is 0.309 e. The molecule has 29 heavy (non-hydrogen) atoms. The molecule has 1 atom stereocenters. The van der Waals surface area contributed by atoms with Gasteiger partial charge < -0.3 is 25.0 Å². The van der Waals surface area contributed by atoms with Gasteiger partial charge in [0.1, 0.15) is 0 Å². The molecule has 2 N–H and O–H groups in total. The maximum absolute atomic E-state index is 12.4. The summed E-state index contributed by atoms with van der Waals surface area (Å²) in [5, 5.41) is 5.71. The van der Waals surface area contributed by atoms with Crippen molar-refractivity contribution >= 4 is 11.8 Å². The van der Waals surface area contributed by atoms with Gasteiger partial charge in [0.25, 0.3) is 0 Å². The zero-order valence-electron chi connectivity index (χ0n) is 17.0. The van der Waals surface area contributed by atoms with E-state index in [1.165, 1.54) is 0 Å². The van der Waals surface area contributed by atoms with E-state index in [0.29, 0.717) is 6.54 Å². The Hall–Kier alpha value is -2.32. The number of rotatable bonds is 5. The fourth-order valence-electron chi connectivity index (χ4n) is 4.30. The molecule has 4 rings (SSSR count). The van der Waals surface area contributed by atoms with Crippen LogP contribution in [-0.4, -0.2) is 74.2 Å². The summed E-state index contributed by atoms with van der Waals surface area (Å²) in [5.74, 6) is 0.384. The van der Waals surface area contributed by atoms with E-state index in [2.05, 4.69) is 27.5 Å². The van der Waals surface area contributed by atoms with Crippen LogP contribution in [0.4, 0.5) is 0 Å². The Bertz CT molecular complexity index is 742.